The van der Waals surface area contributed by atoms with Gasteiger partial charge in [-0.2, -0.15) is 4.98 Å². The van der Waals surface area contributed by atoms with Gasteiger partial charge in [-0.1, -0.05) is 15.9 Å². The number of amides is 1. The molecule has 4 rings (SSSR count). The summed E-state index contributed by atoms with van der Waals surface area (Å²) in [5.74, 6) is 0.279. The zero-order valence-corrected chi connectivity index (χ0v) is 20.4. The van der Waals surface area contributed by atoms with Gasteiger partial charge >= 0.3 is 12.1 Å². The van der Waals surface area contributed by atoms with E-state index in [-0.39, 0.29) is 29.7 Å². The van der Waals surface area contributed by atoms with E-state index in [9.17, 15) is 22.8 Å². The normalized spacial score (nSPS) is 18.4. The van der Waals surface area contributed by atoms with Crippen LogP contribution >= 0.6 is 15.9 Å². The van der Waals surface area contributed by atoms with Gasteiger partial charge in [-0.25, -0.2) is 9.78 Å². The van der Waals surface area contributed by atoms with Gasteiger partial charge in [0.1, 0.15) is 11.3 Å². The summed E-state index contributed by atoms with van der Waals surface area (Å²) in [6.45, 7) is 1.96. The summed E-state index contributed by atoms with van der Waals surface area (Å²) in [7, 11) is 0. The lowest BCUT2D eigenvalue weighted by Crippen LogP contribution is -2.37. The molecule has 3 aromatic rings. The van der Waals surface area contributed by atoms with Crippen molar-refractivity contribution < 1.29 is 22.7 Å². The summed E-state index contributed by atoms with van der Waals surface area (Å²) >= 11 is 3.25. The van der Waals surface area contributed by atoms with Crippen molar-refractivity contribution in [2.75, 3.05) is 11.9 Å². The average Bonchev–Trinajstić information content (AvgIpc) is 3.08. The van der Waals surface area contributed by atoms with E-state index in [2.05, 4.69) is 46.3 Å². The number of imidazole rings is 1. The Morgan fingerprint density at radius 3 is 2.71 bits per heavy atom. The lowest BCUT2D eigenvalue weighted by atomic mass is 9.86. The number of ether oxygens (including phenoxy) is 1. The highest BCUT2D eigenvalue weighted by Crippen LogP contribution is 2.30. The number of alkyl halides is 3. The maximum atomic E-state index is 12.8. The predicted octanol–water partition coefficient (Wildman–Crippen LogP) is 3.94. The number of hydrogen-bond acceptors (Lipinski definition) is 6. The summed E-state index contributed by atoms with van der Waals surface area (Å²) in [6.07, 6.45) is 0.286. The van der Waals surface area contributed by atoms with Gasteiger partial charge in [0.05, 0.1) is 12.7 Å². The fourth-order valence-electron chi connectivity index (χ4n) is 4.28. The maximum absolute atomic E-state index is 12.8. The van der Waals surface area contributed by atoms with E-state index in [4.69, 9.17) is 0 Å². The second kappa shape index (κ2) is 10.3. The number of H-pyrrole nitrogens is 1. The number of rotatable bonds is 7. The lowest BCUT2D eigenvalue weighted by molar-refractivity contribution is -0.274. The van der Waals surface area contributed by atoms with Crippen molar-refractivity contribution >= 4 is 38.9 Å². The first-order valence-electron chi connectivity index (χ1n) is 11.1. The summed E-state index contributed by atoms with van der Waals surface area (Å²) in [5.41, 5.74) is 0.258. The van der Waals surface area contributed by atoms with Crippen molar-refractivity contribution in [2.45, 2.75) is 51.6 Å². The summed E-state index contributed by atoms with van der Waals surface area (Å²) in [5, 5.41) is 6.14. The quantitative estimate of drug-likeness (QED) is 0.406. The minimum Gasteiger partial charge on any atom is -0.405 e. The minimum atomic E-state index is -4.87. The Bertz CT molecular complexity index is 1270. The van der Waals surface area contributed by atoms with Crippen molar-refractivity contribution in [1.29, 1.82) is 0 Å². The highest BCUT2D eigenvalue weighted by molar-refractivity contribution is 9.10. The smallest absolute Gasteiger partial charge is 0.405 e. The van der Waals surface area contributed by atoms with Crippen LogP contribution in [0.1, 0.15) is 38.2 Å². The number of halogens is 4. The number of nitrogens with zero attached hydrogens (tertiary/aromatic N) is 3. The number of carbonyl (C=O) groups excluding carboxylic acids is 1. The standard InChI is InChI=1S/C22H24BrF3N6O3/c1-12(33)29-16-5-2-13(3-6-16)9-27-20-28-10-17-19(31-20)32(21(34)30-17)11-14-8-15(23)4-7-18(14)35-22(24,25)26/h4,7-8,10,13,16H,2-3,5-6,9,11H2,1H3,(H,29,33)(H,30,34)(H,27,28,31). The molecule has 0 atom stereocenters. The van der Waals surface area contributed by atoms with E-state index in [1.807, 2.05) is 0 Å². The predicted molar refractivity (Wildman–Crippen MR) is 126 cm³/mol. The Hall–Kier alpha value is -3.09. The van der Waals surface area contributed by atoms with Crippen molar-refractivity contribution in [3.05, 3.63) is 44.9 Å². The van der Waals surface area contributed by atoms with Gasteiger partial charge in [0.15, 0.2) is 5.65 Å². The molecule has 2 heterocycles. The zero-order chi connectivity index (χ0) is 25.2. The van der Waals surface area contributed by atoms with Gasteiger partial charge < -0.3 is 20.4 Å². The van der Waals surface area contributed by atoms with Gasteiger partial charge in [0.25, 0.3) is 0 Å². The van der Waals surface area contributed by atoms with Crippen LogP contribution in [-0.4, -0.2) is 44.4 Å². The first-order valence-corrected chi connectivity index (χ1v) is 11.9. The summed E-state index contributed by atoms with van der Waals surface area (Å²) < 4.78 is 44.5. The molecule has 0 bridgehead atoms. The van der Waals surface area contributed by atoms with Crippen LogP contribution in [-0.2, 0) is 11.3 Å². The van der Waals surface area contributed by atoms with Crippen LogP contribution in [0.3, 0.4) is 0 Å². The molecule has 0 spiro atoms. The van der Waals surface area contributed by atoms with E-state index in [1.54, 1.807) is 0 Å². The lowest BCUT2D eigenvalue weighted by Gasteiger charge is -2.28. The molecule has 1 aliphatic carbocycles. The molecule has 1 saturated carbocycles. The SMILES string of the molecule is CC(=O)NC1CCC(CNc2ncc3[nH]c(=O)n(Cc4cc(Br)ccc4OC(F)(F)F)c3n2)CC1. The van der Waals surface area contributed by atoms with Crippen molar-refractivity contribution in [1.82, 2.24) is 24.8 Å². The molecule has 13 heteroatoms. The Balaban J connectivity index is 1.50. The van der Waals surface area contributed by atoms with Crippen LogP contribution < -0.4 is 21.1 Å². The molecule has 35 heavy (non-hydrogen) atoms. The first-order chi connectivity index (χ1) is 16.6. The van der Waals surface area contributed by atoms with E-state index in [0.29, 0.717) is 28.4 Å². The number of benzene rings is 1. The summed E-state index contributed by atoms with van der Waals surface area (Å²) in [4.78, 5) is 35.1. The third-order valence-electron chi connectivity index (χ3n) is 5.89. The second-order valence-electron chi connectivity index (χ2n) is 8.55. The molecular weight excluding hydrogens is 533 g/mol. The maximum Gasteiger partial charge on any atom is 0.573 e. The molecule has 9 nitrogen and oxygen atoms in total. The molecule has 0 unspecified atom stereocenters. The molecule has 1 aromatic carbocycles. The van der Waals surface area contributed by atoms with Gasteiger partial charge in [-0.05, 0) is 49.8 Å². The largest absolute Gasteiger partial charge is 0.573 e. The van der Waals surface area contributed by atoms with Crippen molar-refractivity contribution in [2.24, 2.45) is 5.92 Å². The second-order valence-corrected chi connectivity index (χ2v) is 9.46. The number of anilines is 1. The molecule has 0 aliphatic heterocycles. The van der Waals surface area contributed by atoms with E-state index < -0.39 is 17.8 Å². The monoisotopic (exact) mass is 556 g/mol. The molecule has 0 saturated heterocycles. The van der Waals surface area contributed by atoms with Crippen molar-refractivity contribution in [3.63, 3.8) is 0 Å². The summed E-state index contributed by atoms with van der Waals surface area (Å²) in [6, 6.07) is 4.28. The van der Waals surface area contributed by atoms with Crippen LogP contribution in [0.15, 0.2) is 33.7 Å². The van der Waals surface area contributed by atoms with Crippen molar-refractivity contribution in [3.8, 4) is 5.75 Å². The molecular formula is C22H24BrF3N6O3. The number of fused-ring (bicyclic) bond motifs is 1. The number of carbonyl (C=O) groups is 1. The van der Waals surface area contributed by atoms with Gasteiger partial charge in [-0.15, -0.1) is 13.2 Å². The molecule has 2 aromatic heterocycles. The Morgan fingerprint density at radius 1 is 1.29 bits per heavy atom. The zero-order valence-electron chi connectivity index (χ0n) is 18.8. The van der Waals surface area contributed by atoms with Crippen LogP contribution in [0, 0.1) is 5.92 Å². The van der Waals surface area contributed by atoms with Crippen LogP contribution in [0.5, 0.6) is 5.75 Å². The molecule has 188 valence electrons. The highest BCUT2D eigenvalue weighted by Gasteiger charge is 2.32. The fourth-order valence-corrected chi connectivity index (χ4v) is 4.69. The highest BCUT2D eigenvalue weighted by atomic mass is 79.9. The topological polar surface area (TPSA) is 114 Å². The third-order valence-corrected chi connectivity index (χ3v) is 6.38. The molecule has 1 amide bonds. The number of nitrogens with one attached hydrogen (secondary N) is 3. The van der Waals surface area contributed by atoms with Gasteiger partial charge in [0, 0.05) is 29.5 Å². The van der Waals surface area contributed by atoms with E-state index >= 15 is 0 Å². The number of aromatic nitrogens is 4. The van der Waals surface area contributed by atoms with Crippen LogP contribution in [0.2, 0.25) is 0 Å². The van der Waals surface area contributed by atoms with E-state index in [1.165, 1.54) is 35.9 Å². The van der Waals surface area contributed by atoms with Crippen LogP contribution in [0.25, 0.3) is 11.2 Å². The molecule has 0 radical (unpaired) electrons. The minimum absolute atomic E-state index is 0.0224. The Labute approximate surface area is 206 Å². The number of aromatic amines is 1. The van der Waals surface area contributed by atoms with Crippen LogP contribution in [0.4, 0.5) is 19.1 Å². The molecule has 1 fully saturated rings. The molecule has 3 N–H and O–H groups in total. The van der Waals surface area contributed by atoms with E-state index in [0.717, 1.165) is 25.7 Å². The Kier molecular flexibility index (Phi) is 7.33. The first kappa shape index (κ1) is 25.0. The van der Waals surface area contributed by atoms with Gasteiger partial charge in [0.2, 0.25) is 11.9 Å². The third kappa shape index (κ3) is 6.53. The average molecular weight is 557 g/mol. The Morgan fingerprint density at radius 2 is 2.03 bits per heavy atom. The fraction of sp³-hybridized carbons (Fsp3) is 0.455. The number of hydrogen-bond donors (Lipinski definition) is 3. The van der Waals surface area contributed by atoms with Gasteiger partial charge in [-0.3, -0.25) is 9.36 Å². The molecule has 1 aliphatic rings.